The van der Waals surface area contributed by atoms with E-state index in [4.69, 9.17) is 9.47 Å². The number of amides is 3. The molecule has 2 unspecified atom stereocenters. The lowest BCUT2D eigenvalue weighted by Gasteiger charge is -2.40. The van der Waals surface area contributed by atoms with Crippen LogP contribution < -0.4 is 14.9 Å². The van der Waals surface area contributed by atoms with E-state index in [2.05, 4.69) is 20.5 Å². The molecule has 42 heavy (non-hydrogen) atoms. The summed E-state index contributed by atoms with van der Waals surface area (Å²) in [6.07, 6.45) is 0.581. The highest BCUT2D eigenvalue weighted by Crippen LogP contribution is 2.29. The van der Waals surface area contributed by atoms with E-state index < -0.39 is 6.04 Å². The van der Waals surface area contributed by atoms with Crippen molar-refractivity contribution in [1.29, 1.82) is 0 Å². The summed E-state index contributed by atoms with van der Waals surface area (Å²) in [5.41, 5.74) is 3.36. The number of para-hydroxylation sites is 1. The molecule has 0 bridgehead atoms. The molecule has 0 saturated carbocycles. The Labute approximate surface area is 246 Å². The van der Waals surface area contributed by atoms with Crippen molar-refractivity contribution in [2.75, 3.05) is 39.4 Å². The minimum Gasteiger partial charge on any atom is -0.489 e. The van der Waals surface area contributed by atoms with Crippen LogP contribution in [0.3, 0.4) is 0 Å². The quantitative estimate of drug-likeness (QED) is 0.354. The summed E-state index contributed by atoms with van der Waals surface area (Å²) in [6.45, 7) is 5.29. The number of aromatic nitrogens is 3. The van der Waals surface area contributed by atoms with Crippen molar-refractivity contribution >= 4 is 34.2 Å². The predicted octanol–water partition coefficient (Wildman–Crippen LogP) is 3.31. The molecule has 2 aromatic heterocycles. The fourth-order valence-electron chi connectivity index (χ4n) is 5.55. The predicted molar refractivity (Wildman–Crippen MR) is 158 cm³/mol. The number of piperidine rings is 1. The molecular formula is C30H32N6O5S. The van der Waals surface area contributed by atoms with E-state index in [1.54, 1.807) is 34.1 Å². The molecule has 2 atom stereocenters. The second kappa shape index (κ2) is 12.3. The number of nitrogens with zero attached hydrogens (tertiary/aromatic N) is 4. The zero-order valence-electron chi connectivity index (χ0n) is 23.2. The number of urea groups is 1. The number of hydrogen-bond donors (Lipinski definition) is 2. The summed E-state index contributed by atoms with van der Waals surface area (Å²) in [5.74, 6) is 0.188. The monoisotopic (exact) mass is 588 g/mol. The Kier molecular flexibility index (Phi) is 8.15. The molecule has 2 fully saturated rings. The molecule has 0 radical (unpaired) electrons. The summed E-state index contributed by atoms with van der Waals surface area (Å²) < 4.78 is 11.4. The molecule has 12 heteroatoms. The number of ether oxygens (including phenoxy) is 2. The number of fused-ring (bicyclic) bond motifs is 1. The number of benzene rings is 2. The normalized spacial score (nSPS) is 19.1. The average molecular weight is 589 g/mol. The lowest BCUT2D eigenvalue weighted by atomic mass is 9.91. The fourth-order valence-corrected chi connectivity index (χ4v) is 6.36. The van der Waals surface area contributed by atoms with Gasteiger partial charge >= 0.3 is 10.9 Å². The standard InChI is InChI=1S/C30H32N6O5S/c1-19-16-21(23-4-2-3-5-25(23)31-19)18-41-22-8-6-20(7-9-22)27(37)32-26-17-36(30(39)35-12-14-40-15-13-35)11-10-24(26)28-33-34-29(38)42-28/h2-9,16,24,26H,10-15,17-18H2,1H3,(H,32,37)(H,34,38). The average Bonchev–Trinajstić information content (AvgIpc) is 3.45. The number of likely N-dealkylation sites (tertiary alicyclic amines) is 1. The van der Waals surface area contributed by atoms with Crippen LogP contribution in [0, 0.1) is 6.92 Å². The molecule has 0 aliphatic carbocycles. The highest BCUT2D eigenvalue weighted by atomic mass is 32.1. The summed E-state index contributed by atoms with van der Waals surface area (Å²) in [7, 11) is 0. The van der Waals surface area contributed by atoms with Crippen molar-refractivity contribution in [2.24, 2.45) is 0 Å². The first-order valence-electron chi connectivity index (χ1n) is 14.0. The first-order chi connectivity index (χ1) is 20.4. The molecule has 3 amide bonds. The van der Waals surface area contributed by atoms with Crippen LogP contribution in [0.1, 0.15) is 39.0 Å². The number of morpholine rings is 1. The Hall–Kier alpha value is -4.29. The second-order valence-corrected chi connectivity index (χ2v) is 11.5. The van der Waals surface area contributed by atoms with Crippen LogP contribution in [0.25, 0.3) is 10.9 Å². The molecule has 2 aliphatic heterocycles. The van der Waals surface area contributed by atoms with E-state index in [0.717, 1.165) is 33.5 Å². The van der Waals surface area contributed by atoms with E-state index in [9.17, 15) is 14.4 Å². The maximum atomic E-state index is 13.4. The van der Waals surface area contributed by atoms with Gasteiger partial charge in [-0.2, -0.15) is 5.10 Å². The SMILES string of the molecule is Cc1cc(COc2ccc(C(=O)NC3CN(C(=O)N4CCOCC4)CCC3c3n[nH]c(=O)s3)cc2)c2ccccc2n1. The summed E-state index contributed by atoms with van der Waals surface area (Å²) in [4.78, 5) is 46.3. The Morgan fingerprint density at radius 1 is 1.10 bits per heavy atom. The highest BCUT2D eigenvalue weighted by molar-refractivity contribution is 7.08. The first-order valence-corrected chi connectivity index (χ1v) is 14.8. The zero-order chi connectivity index (χ0) is 29.1. The number of aryl methyl sites for hydroxylation is 1. The number of carbonyl (C=O) groups is 2. The van der Waals surface area contributed by atoms with Gasteiger partial charge in [-0.25, -0.2) is 9.89 Å². The van der Waals surface area contributed by atoms with Crippen molar-refractivity contribution in [3.05, 3.63) is 86.1 Å². The molecule has 4 aromatic rings. The van der Waals surface area contributed by atoms with E-state index in [0.29, 0.717) is 68.7 Å². The third-order valence-corrected chi connectivity index (χ3v) is 8.57. The van der Waals surface area contributed by atoms with E-state index >= 15 is 0 Å². The van der Waals surface area contributed by atoms with Gasteiger partial charge in [0.25, 0.3) is 5.91 Å². The summed E-state index contributed by atoms with van der Waals surface area (Å²) in [6, 6.07) is 16.5. The smallest absolute Gasteiger partial charge is 0.322 e. The molecule has 2 aliphatic rings. The number of nitrogens with one attached hydrogen (secondary N) is 2. The molecule has 4 heterocycles. The molecule has 6 rings (SSSR count). The number of carbonyl (C=O) groups excluding carboxylic acids is 2. The molecule has 11 nitrogen and oxygen atoms in total. The van der Waals surface area contributed by atoms with Crippen molar-refractivity contribution in [3.8, 4) is 5.75 Å². The number of rotatable bonds is 6. The third-order valence-electron chi connectivity index (χ3n) is 7.69. The number of hydrogen-bond acceptors (Lipinski definition) is 8. The zero-order valence-corrected chi connectivity index (χ0v) is 24.1. The molecule has 0 spiro atoms. The van der Waals surface area contributed by atoms with Crippen molar-refractivity contribution in [1.82, 2.24) is 30.3 Å². The maximum Gasteiger partial charge on any atom is 0.322 e. The van der Waals surface area contributed by atoms with Crippen LogP contribution in [0.2, 0.25) is 0 Å². The number of aromatic amines is 1. The van der Waals surface area contributed by atoms with Crippen molar-refractivity contribution < 1.29 is 19.1 Å². The first kappa shape index (κ1) is 27.9. The number of pyridine rings is 1. The van der Waals surface area contributed by atoms with Gasteiger partial charge in [-0.3, -0.25) is 14.6 Å². The van der Waals surface area contributed by atoms with Crippen LogP contribution in [0.4, 0.5) is 4.79 Å². The molecular weight excluding hydrogens is 556 g/mol. The van der Waals surface area contributed by atoms with Gasteiger partial charge in [0.1, 0.15) is 17.4 Å². The minimum absolute atomic E-state index is 0.0649. The van der Waals surface area contributed by atoms with Gasteiger partial charge in [-0.05, 0) is 49.7 Å². The van der Waals surface area contributed by atoms with E-state index in [1.165, 1.54) is 0 Å². The molecule has 218 valence electrons. The van der Waals surface area contributed by atoms with E-state index in [-0.39, 0.29) is 22.7 Å². The van der Waals surface area contributed by atoms with Crippen LogP contribution >= 0.6 is 11.3 Å². The van der Waals surface area contributed by atoms with Crippen LogP contribution in [-0.2, 0) is 11.3 Å². The maximum absolute atomic E-state index is 13.4. The van der Waals surface area contributed by atoms with Crippen LogP contribution in [0.15, 0.2) is 59.4 Å². The van der Waals surface area contributed by atoms with Gasteiger partial charge < -0.3 is 24.6 Å². The Bertz CT molecular complexity index is 1630. The van der Waals surface area contributed by atoms with Crippen LogP contribution in [-0.4, -0.2) is 82.4 Å². The van der Waals surface area contributed by atoms with Gasteiger partial charge in [0, 0.05) is 54.3 Å². The number of H-pyrrole nitrogens is 1. The fraction of sp³-hybridized carbons (Fsp3) is 0.367. The Morgan fingerprint density at radius 2 is 1.88 bits per heavy atom. The molecule has 2 N–H and O–H groups in total. The van der Waals surface area contributed by atoms with Gasteiger partial charge in [0.15, 0.2) is 0 Å². The van der Waals surface area contributed by atoms with Crippen LogP contribution in [0.5, 0.6) is 5.75 Å². The molecule has 2 aromatic carbocycles. The lowest BCUT2D eigenvalue weighted by molar-refractivity contribution is 0.0392. The van der Waals surface area contributed by atoms with E-state index in [1.807, 2.05) is 37.3 Å². The summed E-state index contributed by atoms with van der Waals surface area (Å²) in [5, 5.41) is 11.5. The molecule has 2 saturated heterocycles. The lowest BCUT2D eigenvalue weighted by Crippen LogP contribution is -2.57. The highest BCUT2D eigenvalue weighted by Gasteiger charge is 2.37. The Balaban J connectivity index is 1.13. The van der Waals surface area contributed by atoms with Gasteiger partial charge in [0.2, 0.25) is 0 Å². The summed E-state index contributed by atoms with van der Waals surface area (Å²) >= 11 is 1.04. The topological polar surface area (TPSA) is 130 Å². The Morgan fingerprint density at radius 3 is 2.64 bits per heavy atom. The van der Waals surface area contributed by atoms with Crippen molar-refractivity contribution in [2.45, 2.75) is 31.9 Å². The van der Waals surface area contributed by atoms with Gasteiger partial charge in [-0.15, -0.1) is 0 Å². The van der Waals surface area contributed by atoms with Crippen molar-refractivity contribution in [3.63, 3.8) is 0 Å². The largest absolute Gasteiger partial charge is 0.489 e. The van der Waals surface area contributed by atoms with Gasteiger partial charge in [0.05, 0.1) is 24.8 Å². The van der Waals surface area contributed by atoms with Gasteiger partial charge in [-0.1, -0.05) is 29.5 Å². The third kappa shape index (κ3) is 6.14. The minimum atomic E-state index is -0.408. The second-order valence-electron chi connectivity index (χ2n) is 10.5.